The Labute approximate surface area is 162 Å². The third-order valence-electron chi connectivity index (χ3n) is 4.17. The number of amides is 1. The average molecular weight is 392 g/mol. The summed E-state index contributed by atoms with van der Waals surface area (Å²) in [6.07, 6.45) is 8.86. The van der Waals surface area contributed by atoms with Crippen molar-refractivity contribution in [2.75, 3.05) is 17.7 Å². The van der Waals surface area contributed by atoms with Crippen LogP contribution in [0.4, 0.5) is 5.69 Å². The zero-order valence-electron chi connectivity index (χ0n) is 14.8. The summed E-state index contributed by atoms with van der Waals surface area (Å²) >= 11 is 0. The normalized spacial score (nSPS) is 16.5. The van der Waals surface area contributed by atoms with E-state index in [0.29, 0.717) is 19.6 Å². The van der Waals surface area contributed by atoms with Crippen molar-refractivity contribution in [3.05, 3.63) is 42.7 Å². The average Bonchev–Trinajstić information content (AvgIpc) is 3.33. The second kappa shape index (κ2) is 10.5. The Morgan fingerprint density at radius 1 is 1.35 bits per heavy atom. The van der Waals surface area contributed by atoms with Crippen molar-refractivity contribution in [2.45, 2.75) is 43.9 Å². The van der Waals surface area contributed by atoms with E-state index in [2.05, 4.69) is 10.4 Å². The molecule has 7 heteroatoms. The predicted octanol–water partition coefficient (Wildman–Crippen LogP) is 4.61. The fraction of sp³-hybridized carbons (Fsp3) is 0.474. The lowest BCUT2D eigenvalue weighted by Gasteiger charge is -2.10. The molecule has 3 rings (SSSR count). The van der Waals surface area contributed by atoms with Crippen LogP contribution >= 0.6 is 21.6 Å². The Morgan fingerprint density at radius 2 is 2.31 bits per heavy atom. The maximum atomic E-state index is 12.1. The molecular weight excluding hydrogens is 366 g/mol. The lowest BCUT2D eigenvalue weighted by molar-refractivity contribution is -0.116. The molecule has 1 aliphatic rings. The summed E-state index contributed by atoms with van der Waals surface area (Å²) in [5.74, 6) is 2.11. The Hall–Kier alpha value is -1.60. The van der Waals surface area contributed by atoms with Gasteiger partial charge in [0.2, 0.25) is 5.91 Å². The van der Waals surface area contributed by atoms with E-state index in [1.165, 1.54) is 18.6 Å². The molecule has 1 saturated heterocycles. The van der Waals surface area contributed by atoms with Crippen LogP contribution in [-0.4, -0.2) is 33.3 Å². The quantitative estimate of drug-likeness (QED) is 0.473. The molecule has 1 aromatic heterocycles. The molecule has 1 aliphatic heterocycles. The number of aromatic nitrogens is 2. The molecule has 1 aromatic carbocycles. The largest absolute Gasteiger partial charge is 0.492 e. The first kappa shape index (κ1) is 19.2. The minimum Gasteiger partial charge on any atom is -0.492 e. The Morgan fingerprint density at radius 3 is 3.12 bits per heavy atom. The molecular formula is C19H25N3O2S2. The van der Waals surface area contributed by atoms with Gasteiger partial charge >= 0.3 is 0 Å². The maximum absolute atomic E-state index is 12.1. The van der Waals surface area contributed by atoms with E-state index in [9.17, 15) is 4.79 Å². The van der Waals surface area contributed by atoms with Gasteiger partial charge in [-0.1, -0.05) is 34.1 Å². The Kier molecular flexibility index (Phi) is 7.76. The van der Waals surface area contributed by atoms with Crippen LogP contribution in [0.25, 0.3) is 0 Å². The number of anilines is 1. The molecule has 0 saturated carbocycles. The van der Waals surface area contributed by atoms with Crippen molar-refractivity contribution in [3.8, 4) is 5.75 Å². The zero-order valence-corrected chi connectivity index (χ0v) is 16.4. The second-order valence-corrected chi connectivity index (χ2v) is 9.06. The molecule has 26 heavy (non-hydrogen) atoms. The SMILES string of the molecule is O=C(CCCCC1CCSS1)Nc1cccc(OCCn2cccn2)c1. The third-order valence-corrected chi connectivity index (χ3v) is 7.18. The molecule has 1 N–H and O–H groups in total. The van der Waals surface area contributed by atoms with Gasteiger partial charge in [0.05, 0.1) is 6.54 Å². The second-order valence-electron chi connectivity index (χ2n) is 6.27. The van der Waals surface area contributed by atoms with E-state index in [1.807, 2.05) is 62.8 Å². The topological polar surface area (TPSA) is 56.1 Å². The standard InChI is InChI=1S/C19H25N3O2S2/c23-19(8-2-1-7-18-9-14-25-26-18)21-16-5-3-6-17(15-16)24-13-12-22-11-4-10-20-22/h3-6,10-11,15,18H,1-2,7-9,12-14H2,(H,21,23). The number of ether oxygens (including phenoxy) is 1. The number of unbranched alkanes of at least 4 members (excludes halogenated alkanes) is 1. The lowest BCUT2D eigenvalue weighted by Crippen LogP contribution is -2.12. The van der Waals surface area contributed by atoms with Crippen molar-refractivity contribution >= 4 is 33.2 Å². The van der Waals surface area contributed by atoms with Crippen LogP contribution in [0.5, 0.6) is 5.75 Å². The van der Waals surface area contributed by atoms with Crippen molar-refractivity contribution < 1.29 is 9.53 Å². The van der Waals surface area contributed by atoms with Gasteiger partial charge in [0.25, 0.3) is 0 Å². The maximum Gasteiger partial charge on any atom is 0.224 e. The monoisotopic (exact) mass is 391 g/mol. The smallest absolute Gasteiger partial charge is 0.224 e. The van der Waals surface area contributed by atoms with E-state index < -0.39 is 0 Å². The highest BCUT2D eigenvalue weighted by atomic mass is 33.1. The number of carbonyl (C=O) groups excluding carboxylic acids is 1. The zero-order chi connectivity index (χ0) is 18.0. The van der Waals surface area contributed by atoms with Gasteiger partial charge < -0.3 is 10.1 Å². The third kappa shape index (κ3) is 6.61. The number of hydrogen-bond donors (Lipinski definition) is 1. The van der Waals surface area contributed by atoms with Crippen LogP contribution in [0.3, 0.4) is 0 Å². The van der Waals surface area contributed by atoms with Crippen LogP contribution in [0.2, 0.25) is 0 Å². The molecule has 0 aliphatic carbocycles. The summed E-state index contributed by atoms with van der Waals surface area (Å²) in [6.45, 7) is 1.23. The van der Waals surface area contributed by atoms with Gasteiger partial charge in [-0.05, 0) is 37.5 Å². The number of rotatable bonds is 10. The van der Waals surface area contributed by atoms with Gasteiger partial charge in [-0.15, -0.1) is 0 Å². The first-order valence-corrected chi connectivity index (χ1v) is 11.5. The summed E-state index contributed by atoms with van der Waals surface area (Å²) < 4.78 is 7.57. The molecule has 1 amide bonds. The Bertz CT molecular complexity index is 673. The van der Waals surface area contributed by atoms with Gasteiger partial charge in [0.1, 0.15) is 12.4 Å². The Balaban J connectivity index is 1.34. The summed E-state index contributed by atoms with van der Waals surface area (Å²) in [6, 6.07) is 9.45. The summed E-state index contributed by atoms with van der Waals surface area (Å²) in [5, 5.41) is 7.90. The lowest BCUT2D eigenvalue weighted by atomic mass is 10.1. The van der Waals surface area contributed by atoms with E-state index in [4.69, 9.17) is 4.74 Å². The van der Waals surface area contributed by atoms with E-state index in [1.54, 1.807) is 6.20 Å². The molecule has 5 nitrogen and oxygen atoms in total. The molecule has 1 atom stereocenters. The summed E-state index contributed by atoms with van der Waals surface area (Å²) in [5.41, 5.74) is 0.786. The molecule has 0 spiro atoms. The molecule has 0 bridgehead atoms. The van der Waals surface area contributed by atoms with Crippen LogP contribution in [-0.2, 0) is 11.3 Å². The van der Waals surface area contributed by atoms with Gasteiger partial charge in [-0.25, -0.2) is 0 Å². The highest BCUT2D eigenvalue weighted by Gasteiger charge is 2.15. The number of carbonyl (C=O) groups is 1. The fourth-order valence-corrected chi connectivity index (χ4v) is 5.83. The van der Waals surface area contributed by atoms with Crippen LogP contribution in [0.1, 0.15) is 32.1 Å². The molecule has 0 radical (unpaired) electrons. The molecule has 2 heterocycles. The van der Waals surface area contributed by atoms with Gasteiger partial charge in [-0.2, -0.15) is 5.10 Å². The minimum atomic E-state index is 0.0761. The van der Waals surface area contributed by atoms with Gasteiger partial charge in [0, 0.05) is 41.6 Å². The van der Waals surface area contributed by atoms with Crippen LogP contribution in [0, 0.1) is 0 Å². The van der Waals surface area contributed by atoms with E-state index >= 15 is 0 Å². The summed E-state index contributed by atoms with van der Waals surface area (Å²) in [7, 11) is 3.98. The molecule has 1 fully saturated rings. The highest BCUT2D eigenvalue weighted by molar-refractivity contribution is 8.77. The van der Waals surface area contributed by atoms with E-state index in [0.717, 1.165) is 29.5 Å². The van der Waals surface area contributed by atoms with Gasteiger partial charge in [-0.3, -0.25) is 9.48 Å². The molecule has 2 aromatic rings. The molecule has 1 unspecified atom stereocenters. The number of hydrogen-bond acceptors (Lipinski definition) is 5. The fourth-order valence-electron chi connectivity index (χ4n) is 2.80. The number of nitrogens with one attached hydrogen (secondary N) is 1. The first-order chi connectivity index (χ1) is 12.8. The van der Waals surface area contributed by atoms with Crippen LogP contribution in [0.15, 0.2) is 42.7 Å². The van der Waals surface area contributed by atoms with Crippen LogP contribution < -0.4 is 10.1 Å². The van der Waals surface area contributed by atoms with Crippen molar-refractivity contribution in [3.63, 3.8) is 0 Å². The van der Waals surface area contributed by atoms with Crippen molar-refractivity contribution in [1.29, 1.82) is 0 Å². The number of nitrogens with zero attached hydrogens (tertiary/aromatic N) is 2. The predicted molar refractivity (Wildman–Crippen MR) is 110 cm³/mol. The molecule has 140 valence electrons. The van der Waals surface area contributed by atoms with Gasteiger partial charge in [0.15, 0.2) is 0 Å². The number of benzene rings is 1. The first-order valence-electron chi connectivity index (χ1n) is 9.08. The highest BCUT2D eigenvalue weighted by Crippen LogP contribution is 2.39. The van der Waals surface area contributed by atoms with Crippen molar-refractivity contribution in [1.82, 2.24) is 9.78 Å². The summed E-state index contributed by atoms with van der Waals surface area (Å²) in [4.78, 5) is 12.1. The van der Waals surface area contributed by atoms with E-state index in [-0.39, 0.29) is 5.91 Å². The van der Waals surface area contributed by atoms with Crippen molar-refractivity contribution in [2.24, 2.45) is 0 Å². The minimum absolute atomic E-state index is 0.0761.